The second-order valence-electron chi connectivity index (χ2n) is 7.34. The molecule has 3 rings (SSSR count). The first kappa shape index (κ1) is 19.3. The van der Waals surface area contributed by atoms with Crippen molar-refractivity contribution in [3.8, 4) is 11.4 Å². The number of hydrogen-bond donors (Lipinski definition) is 2. The van der Waals surface area contributed by atoms with E-state index < -0.39 is 6.04 Å². The summed E-state index contributed by atoms with van der Waals surface area (Å²) >= 11 is 0. The zero-order valence-corrected chi connectivity index (χ0v) is 15.9. The Balaban J connectivity index is 1.67. The fourth-order valence-electron chi connectivity index (χ4n) is 3.75. The van der Waals surface area contributed by atoms with Gasteiger partial charge in [0.15, 0.2) is 11.5 Å². The van der Waals surface area contributed by atoms with Crippen LogP contribution >= 0.6 is 0 Å². The molecule has 2 aromatic rings. The molecule has 1 atom stereocenters. The summed E-state index contributed by atoms with van der Waals surface area (Å²) in [5.74, 6) is 0.890. The van der Waals surface area contributed by atoms with Gasteiger partial charge in [0.05, 0.1) is 6.04 Å². The van der Waals surface area contributed by atoms with E-state index >= 15 is 0 Å². The lowest BCUT2D eigenvalue weighted by atomic mass is 9.96. The molecule has 1 saturated carbocycles. The molecule has 1 aromatic heterocycles. The Morgan fingerprint density at radius 1 is 1.15 bits per heavy atom. The summed E-state index contributed by atoms with van der Waals surface area (Å²) < 4.78 is 0. The van der Waals surface area contributed by atoms with E-state index in [1.807, 2.05) is 37.3 Å². The average molecular weight is 368 g/mol. The van der Waals surface area contributed by atoms with Gasteiger partial charge < -0.3 is 10.3 Å². The Morgan fingerprint density at radius 3 is 2.48 bits per heavy atom. The van der Waals surface area contributed by atoms with Crippen molar-refractivity contribution in [2.75, 3.05) is 0 Å². The zero-order valence-electron chi connectivity index (χ0n) is 15.9. The van der Waals surface area contributed by atoms with Gasteiger partial charge in [0.1, 0.15) is 0 Å². The van der Waals surface area contributed by atoms with E-state index in [2.05, 4.69) is 20.5 Å². The summed E-state index contributed by atoms with van der Waals surface area (Å²) in [6.45, 7) is 1.93. The molecule has 1 aliphatic rings. The number of carbonyl (C=O) groups is 1. The molecule has 6 nitrogen and oxygen atoms in total. The van der Waals surface area contributed by atoms with E-state index in [4.69, 9.17) is 0 Å². The second kappa shape index (κ2) is 9.44. The monoisotopic (exact) mass is 368 g/mol. The molecule has 0 saturated heterocycles. The lowest BCUT2D eigenvalue weighted by molar-refractivity contribution is -0.122. The number of benzene rings is 1. The standard InChI is InChI=1S/C21H28N4O2/c1-2-17(22-18(26)14-15-10-6-3-4-7-11-15)19-21(27)23-20(25-24-19)16-12-8-5-9-13-16/h5,8-9,12-13,15,17H,2-4,6-7,10-11,14H2,1H3,(H,22,26)(H,23,25,27). The largest absolute Gasteiger partial charge is 0.347 e. The molecule has 0 radical (unpaired) electrons. The quantitative estimate of drug-likeness (QED) is 0.760. The number of rotatable bonds is 6. The Morgan fingerprint density at radius 2 is 1.85 bits per heavy atom. The summed E-state index contributed by atoms with van der Waals surface area (Å²) in [5.41, 5.74) is 0.774. The number of amides is 1. The molecule has 1 unspecified atom stereocenters. The van der Waals surface area contributed by atoms with Gasteiger partial charge in [-0.3, -0.25) is 9.59 Å². The van der Waals surface area contributed by atoms with Crippen molar-refractivity contribution < 1.29 is 4.79 Å². The summed E-state index contributed by atoms with van der Waals surface area (Å²) in [6.07, 6.45) is 8.33. The normalized spacial score (nSPS) is 16.5. The van der Waals surface area contributed by atoms with Crippen LogP contribution in [-0.4, -0.2) is 21.1 Å². The fourth-order valence-corrected chi connectivity index (χ4v) is 3.75. The van der Waals surface area contributed by atoms with Crippen LogP contribution < -0.4 is 10.9 Å². The molecule has 2 N–H and O–H groups in total. The predicted octanol–water partition coefficient (Wildman–Crippen LogP) is 3.76. The molecule has 0 spiro atoms. The Hall–Kier alpha value is -2.50. The maximum Gasteiger partial charge on any atom is 0.275 e. The van der Waals surface area contributed by atoms with Gasteiger partial charge in [-0.25, -0.2) is 0 Å². The van der Waals surface area contributed by atoms with E-state index in [1.54, 1.807) is 0 Å². The van der Waals surface area contributed by atoms with Gasteiger partial charge in [-0.15, -0.1) is 10.2 Å². The highest BCUT2D eigenvalue weighted by Crippen LogP contribution is 2.25. The first-order chi connectivity index (χ1) is 13.2. The summed E-state index contributed by atoms with van der Waals surface area (Å²) in [5, 5.41) is 11.3. The molecular formula is C21H28N4O2. The van der Waals surface area contributed by atoms with Crippen molar-refractivity contribution in [3.63, 3.8) is 0 Å². The number of nitrogens with zero attached hydrogens (tertiary/aromatic N) is 2. The van der Waals surface area contributed by atoms with Crippen LogP contribution in [0, 0.1) is 5.92 Å². The molecule has 0 aliphatic heterocycles. The van der Waals surface area contributed by atoms with Crippen LogP contribution in [0.25, 0.3) is 11.4 Å². The number of hydrogen-bond acceptors (Lipinski definition) is 4. The van der Waals surface area contributed by atoms with Gasteiger partial charge in [0.2, 0.25) is 5.91 Å². The highest BCUT2D eigenvalue weighted by atomic mass is 16.2. The van der Waals surface area contributed by atoms with Crippen LogP contribution in [0.1, 0.15) is 70.0 Å². The smallest absolute Gasteiger partial charge is 0.275 e. The fraction of sp³-hybridized carbons (Fsp3) is 0.524. The number of H-pyrrole nitrogens is 1. The van der Waals surface area contributed by atoms with Crippen molar-refractivity contribution in [3.05, 3.63) is 46.4 Å². The third kappa shape index (κ3) is 5.25. The topological polar surface area (TPSA) is 87.7 Å². The minimum Gasteiger partial charge on any atom is -0.347 e. The van der Waals surface area contributed by atoms with Crippen molar-refractivity contribution in [2.24, 2.45) is 5.92 Å². The molecular weight excluding hydrogens is 340 g/mol. The first-order valence-electron chi connectivity index (χ1n) is 9.99. The second-order valence-corrected chi connectivity index (χ2v) is 7.34. The van der Waals surface area contributed by atoms with Crippen LogP contribution in [0.4, 0.5) is 0 Å². The van der Waals surface area contributed by atoms with Gasteiger partial charge in [0, 0.05) is 12.0 Å². The van der Waals surface area contributed by atoms with E-state index in [9.17, 15) is 9.59 Å². The van der Waals surface area contributed by atoms with Crippen LogP contribution in [-0.2, 0) is 4.79 Å². The van der Waals surface area contributed by atoms with E-state index in [1.165, 1.54) is 25.7 Å². The number of nitrogens with one attached hydrogen (secondary N) is 2. The van der Waals surface area contributed by atoms with E-state index in [-0.39, 0.29) is 17.2 Å². The van der Waals surface area contributed by atoms with Gasteiger partial charge in [-0.2, -0.15) is 0 Å². The molecule has 1 amide bonds. The van der Waals surface area contributed by atoms with Crippen molar-refractivity contribution >= 4 is 5.91 Å². The highest BCUT2D eigenvalue weighted by Gasteiger charge is 2.21. The Labute approximate surface area is 159 Å². The van der Waals surface area contributed by atoms with Crippen molar-refractivity contribution in [1.82, 2.24) is 20.5 Å². The number of aromatic amines is 1. The molecule has 1 fully saturated rings. The van der Waals surface area contributed by atoms with Crippen molar-refractivity contribution in [1.29, 1.82) is 0 Å². The Kier molecular flexibility index (Phi) is 6.74. The Bertz CT molecular complexity index is 795. The molecule has 6 heteroatoms. The van der Waals surface area contributed by atoms with Crippen LogP contribution in [0.15, 0.2) is 35.1 Å². The number of aromatic nitrogens is 3. The zero-order chi connectivity index (χ0) is 19.1. The maximum atomic E-state index is 12.5. The minimum absolute atomic E-state index is 0.00193. The molecule has 1 aromatic carbocycles. The number of carbonyl (C=O) groups excluding carboxylic acids is 1. The lowest BCUT2D eigenvalue weighted by Crippen LogP contribution is -2.34. The highest BCUT2D eigenvalue weighted by molar-refractivity contribution is 5.76. The van der Waals surface area contributed by atoms with E-state index in [0.29, 0.717) is 24.6 Å². The van der Waals surface area contributed by atoms with Crippen molar-refractivity contribution in [2.45, 2.75) is 64.3 Å². The van der Waals surface area contributed by atoms with Crippen LogP contribution in [0.3, 0.4) is 0 Å². The third-order valence-corrected chi connectivity index (χ3v) is 5.29. The van der Waals surface area contributed by atoms with Crippen LogP contribution in [0.5, 0.6) is 0 Å². The van der Waals surface area contributed by atoms with Gasteiger partial charge >= 0.3 is 0 Å². The summed E-state index contributed by atoms with van der Waals surface area (Å²) in [4.78, 5) is 27.8. The maximum absolute atomic E-state index is 12.5. The molecule has 0 bridgehead atoms. The average Bonchev–Trinajstić information content (AvgIpc) is 2.95. The summed E-state index contributed by atoms with van der Waals surface area (Å²) in [6, 6.07) is 8.99. The minimum atomic E-state index is -0.413. The SMILES string of the molecule is CCC(NC(=O)CC1CCCCCC1)c1nnc(-c2ccccc2)[nH]c1=O. The van der Waals surface area contributed by atoms with Crippen LogP contribution in [0.2, 0.25) is 0 Å². The lowest BCUT2D eigenvalue weighted by Gasteiger charge is -2.18. The molecule has 27 heavy (non-hydrogen) atoms. The van der Waals surface area contributed by atoms with Gasteiger partial charge in [0.25, 0.3) is 5.56 Å². The molecule has 1 aliphatic carbocycles. The van der Waals surface area contributed by atoms with E-state index in [0.717, 1.165) is 18.4 Å². The van der Waals surface area contributed by atoms with Gasteiger partial charge in [-0.1, -0.05) is 62.9 Å². The van der Waals surface area contributed by atoms with Gasteiger partial charge in [-0.05, 0) is 25.2 Å². The summed E-state index contributed by atoms with van der Waals surface area (Å²) in [7, 11) is 0. The molecule has 1 heterocycles. The molecule has 144 valence electrons. The predicted molar refractivity (Wildman–Crippen MR) is 105 cm³/mol. The third-order valence-electron chi connectivity index (χ3n) is 5.29. The first-order valence-corrected chi connectivity index (χ1v) is 9.99.